The molecule has 0 bridgehead atoms. The molecule has 1 saturated carbocycles. The van der Waals surface area contributed by atoms with Gasteiger partial charge in [0.2, 0.25) is 5.91 Å². The van der Waals surface area contributed by atoms with E-state index >= 15 is 0 Å². The van der Waals surface area contributed by atoms with Gasteiger partial charge in [-0.1, -0.05) is 25.0 Å². The number of carbonyl (C=O) groups excluding carboxylic acids is 2. The van der Waals surface area contributed by atoms with Crippen molar-refractivity contribution in [2.24, 2.45) is 5.92 Å². The minimum absolute atomic E-state index is 0.102. The van der Waals surface area contributed by atoms with E-state index in [0.29, 0.717) is 11.4 Å². The number of nitrogens with one attached hydrogen (secondary N) is 2. The van der Waals surface area contributed by atoms with E-state index in [1.165, 1.54) is 11.3 Å². The van der Waals surface area contributed by atoms with E-state index in [4.69, 9.17) is 0 Å². The first kappa shape index (κ1) is 19.8. The molecule has 2 amide bonds. The summed E-state index contributed by atoms with van der Waals surface area (Å²) in [6.07, 6.45) is 4.22. The van der Waals surface area contributed by atoms with Crippen molar-refractivity contribution in [2.75, 3.05) is 5.32 Å². The van der Waals surface area contributed by atoms with Crippen LogP contribution in [-0.2, 0) is 11.3 Å². The molecule has 3 aromatic rings. The van der Waals surface area contributed by atoms with Gasteiger partial charge in [0.25, 0.3) is 5.91 Å². The molecule has 0 unspecified atom stereocenters. The fourth-order valence-corrected chi connectivity index (χ4v) is 5.26. The van der Waals surface area contributed by atoms with Crippen LogP contribution in [0.3, 0.4) is 0 Å². The quantitative estimate of drug-likeness (QED) is 0.567. The van der Waals surface area contributed by atoms with Gasteiger partial charge in [-0.3, -0.25) is 9.59 Å². The lowest BCUT2D eigenvalue weighted by Gasteiger charge is -2.11. The molecule has 0 saturated heterocycles. The Balaban J connectivity index is 1.37. The van der Waals surface area contributed by atoms with E-state index in [9.17, 15) is 9.59 Å². The first-order valence-electron chi connectivity index (χ1n) is 9.78. The number of hydrogen-bond donors (Lipinski definition) is 2. The summed E-state index contributed by atoms with van der Waals surface area (Å²) in [7, 11) is 0. The summed E-state index contributed by atoms with van der Waals surface area (Å²) < 4.78 is 0. The molecule has 1 fully saturated rings. The molecule has 1 aliphatic carbocycles. The predicted octanol–water partition coefficient (Wildman–Crippen LogP) is 5.24. The van der Waals surface area contributed by atoms with E-state index in [1.807, 2.05) is 48.0 Å². The first-order valence-corrected chi connectivity index (χ1v) is 11.5. The maximum absolute atomic E-state index is 12.7. The standard InChI is InChI=1S/C22H23N3O2S2/c1-14-19(29-22(24-14)17-9-10-28-13-17)21(27)23-12-15-5-4-8-18(11-15)25-20(26)16-6-2-3-7-16/h4-5,8-11,13,16H,2-3,6-7,12H2,1H3,(H,23,27)(H,25,26). The van der Waals surface area contributed by atoms with Crippen LogP contribution in [0.2, 0.25) is 0 Å². The number of rotatable bonds is 6. The van der Waals surface area contributed by atoms with E-state index in [2.05, 4.69) is 15.6 Å². The summed E-state index contributed by atoms with van der Waals surface area (Å²) >= 11 is 3.03. The molecular weight excluding hydrogens is 402 g/mol. The summed E-state index contributed by atoms with van der Waals surface area (Å²) in [5.74, 6) is 0.108. The second-order valence-electron chi connectivity index (χ2n) is 7.30. The largest absolute Gasteiger partial charge is 0.347 e. The average molecular weight is 426 g/mol. The van der Waals surface area contributed by atoms with Gasteiger partial charge in [0, 0.05) is 29.1 Å². The smallest absolute Gasteiger partial charge is 0.263 e. The minimum Gasteiger partial charge on any atom is -0.347 e. The number of anilines is 1. The SMILES string of the molecule is Cc1nc(-c2ccsc2)sc1C(=O)NCc1cccc(NC(=O)C2CCCC2)c1. The van der Waals surface area contributed by atoms with E-state index in [1.54, 1.807) is 11.3 Å². The number of amides is 2. The van der Waals surface area contributed by atoms with Crippen molar-refractivity contribution in [2.45, 2.75) is 39.2 Å². The molecule has 1 aromatic carbocycles. The zero-order chi connectivity index (χ0) is 20.2. The molecule has 4 rings (SSSR count). The Labute approximate surface area is 178 Å². The number of aryl methyl sites for hydroxylation is 1. The van der Waals surface area contributed by atoms with Crippen LogP contribution >= 0.6 is 22.7 Å². The molecule has 1 aliphatic rings. The topological polar surface area (TPSA) is 71.1 Å². The lowest BCUT2D eigenvalue weighted by Crippen LogP contribution is -2.23. The molecule has 0 spiro atoms. The summed E-state index contributed by atoms with van der Waals surface area (Å²) in [6.45, 7) is 2.26. The maximum atomic E-state index is 12.7. The average Bonchev–Trinajstić information content (AvgIpc) is 3.47. The fraction of sp³-hybridized carbons (Fsp3) is 0.318. The highest BCUT2D eigenvalue weighted by atomic mass is 32.1. The van der Waals surface area contributed by atoms with Crippen LogP contribution in [0.25, 0.3) is 10.6 Å². The number of aromatic nitrogens is 1. The first-order chi connectivity index (χ1) is 14.1. The van der Waals surface area contributed by atoms with Crippen molar-refractivity contribution in [3.8, 4) is 10.6 Å². The third-order valence-corrected chi connectivity index (χ3v) is 7.03. The molecule has 29 heavy (non-hydrogen) atoms. The summed E-state index contributed by atoms with van der Waals surface area (Å²) in [5.41, 5.74) is 3.52. The molecule has 2 aromatic heterocycles. The zero-order valence-corrected chi connectivity index (χ0v) is 17.9. The van der Waals surface area contributed by atoms with Crippen molar-refractivity contribution in [1.82, 2.24) is 10.3 Å². The number of benzene rings is 1. The Hall–Kier alpha value is -2.51. The molecule has 5 nitrogen and oxygen atoms in total. The number of thiazole rings is 1. The van der Waals surface area contributed by atoms with Crippen LogP contribution < -0.4 is 10.6 Å². The highest BCUT2D eigenvalue weighted by Gasteiger charge is 2.22. The normalized spacial score (nSPS) is 14.1. The number of hydrogen-bond acceptors (Lipinski definition) is 5. The molecule has 0 atom stereocenters. The van der Waals surface area contributed by atoms with Crippen LogP contribution in [0.1, 0.15) is 46.6 Å². The van der Waals surface area contributed by atoms with Gasteiger partial charge >= 0.3 is 0 Å². The van der Waals surface area contributed by atoms with Crippen LogP contribution in [0.15, 0.2) is 41.1 Å². The lowest BCUT2D eigenvalue weighted by molar-refractivity contribution is -0.119. The maximum Gasteiger partial charge on any atom is 0.263 e. The van der Waals surface area contributed by atoms with Crippen molar-refractivity contribution < 1.29 is 9.59 Å². The molecule has 150 valence electrons. The van der Waals surface area contributed by atoms with E-state index in [0.717, 1.165) is 53.2 Å². The molecule has 0 radical (unpaired) electrons. The monoisotopic (exact) mass is 425 g/mol. The van der Waals surface area contributed by atoms with Crippen molar-refractivity contribution in [3.05, 3.63) is 57.2 Å². The Morgan fingerprint density at radius 1 is 1.21 bits per heavy atom. The van der Waals surface area contributed by atoms with E-state index < -0.39 is 0 Å². The number of carbonyl (C=O) groups is 2. The van der Waals surface area contributed by atoms with Gasteiger partial charge in [0.15, 0.2) is 0 Å². The Bertz CT molecular complexity index is 1010. The second-order valence-corrected chi connectivity index (χ2v) is 9.08. The molecule has 7 heteroatoms. The lowest BCUT2D eigenvalue weighted by atomic mass is 10.1. The Morgan fingerprint density at radius 2 is 2.03 bits per heavy atom. The highest BCUT2D eigenvalue weighted by Crippen LogP contribution is 2.29. The Kier molecular flexibility index (Phi) is 6.06. The molecule has 0 aliphatic heterocycles. The minimum atomic E-state index is -0.123. The Morgan fingerprint density at radius 3 is 2.79 bits per heavy atom. The van der Waals surface area contributed by atoms with Gasteiger partial charge in [-0.15, -0.1) is 11.3 Å². The van der Waals surface area contributed by atoms with Gasteiger partial charge in [-0.25, -0.2) is 4.98 Å². The van der Waals surface area contributed by atoms with Gasteiger partial charge in [0.05, 0.1) is 5.69 Å². The van der Waals surface area contributed by atoms with Crippen molar-refractivity contribution >= 4 is 40.2 Å². The zero-order valence-electron chi connectivity index (χ0n) is 16.2. The van der Waals surface area contributed by atoms with Gasteiger partial charge in [-0.2, -0.15) is 11.3 Å². The molecular formula is C22H23N3O2S2. The van der Waals surface area contributed by atoms with Gasteiger partial charge in [0.1, 0.15) is 9.88 Å². The number of nitrogens with zero attached hydrogens (tertiary/aromatic N) is 1. The molecule has 2 N–H and O–H groups in total. The highest BCUT2D eigenvalue weighted by molar-refractivity contribution is 7.17. The third-order valence-electron chi connectivity index (χ3n) is 5.14. The number of thiophene rings is 1. The van der Waals surface area contributed by atoms with Crippen molar-refractivity contribution in [3.63, 3.8) is 0 Å². The fourth-order valence-electron chi connectivity index (χ4n) is 3.57. The predicted molar refractivity (Wildman–Crippen MR) is 118 cm³/mol. The van der Waals surface area contributed by atoms with Crippen molar-refractivity contribution in [1.29, 1.82) is 0 Å². The van der Waals surface area contributed by atoms with Gasteiger partial charge < -0.3 is 10.6 Å². The van der Waals surface area contributed by atoms with Crippen LogP contribution in [0, 0.1) is 12.8 Å². The second kappa shape index (κ2) is 8.88. The molecule has 2 heterocycles. The van der Waals surface area contributed by atoms with Crippen LogP contribution in [-0.4, -0.2) is 16.8 Å². The third kappa shape index (κ3) is 4.74. The summed E-state index contributed by atoms with van der Waals surface area (Å²) in [6, 6.07) is 9.66. The van der Waals surface area contributed by atoms with Gasteiger partial charge in [-0.05, 0) is 48.9 Å². The summed E-state index contributed by atoms with van der Waals surface area (Å²) in [5, 5.41) is 10.9. The summed E-state index contributed by atoms with van der Waals surface area (Å²) in [4.78, 5) is 30.1. The van der Waals surface area contributed by atoms with Crippen LogP contribution in [0.4, 0.5) is 5.69 Å². The van der Waals surface area contributed by atoms with E-state index in [-0.39, 0.29) is 17.7 Å². The van der Waals surface area contributed by atoms with Crippen LogP contribution in [0.5, 0.6) is 0 Å².